The van der Waals surface area contributed by atoms with Crippen LogP contribution in [0.15, 0.2) is 10.1 Å². The van der Waals surface area contributed by atoms with Gasteiger partial charge in [0.15, 0.2) is 10.3 Å². The van der Waals surface area contributed by atoms with Crippen LogP contribution in [0.25, 0.3) is 0 Å². The van der Waals surface area contributed by atoms with Gasteiger partial charge in [0.1, 0.15) is 5.51 Å². The first kappa shape index (κ1) is 10.2. The van der Waals surface area contributed by atoms with E-state index in [1.54, 1.807) is 7.05 Å². The van der Waals surface area contributed by atoms with Crippen LogP contribution in [0.5, 0.6) is 0 Å². The highest BCUT2D eigenvalue weighted by Crippen LogP contribution is 2.15. The molecule has 0 saturated carbocycles. The minimum Gasteiger partial charge on any atom is -0.295 e. The summed E-state index contributed by atoms with van der Waals surface area (Å²) >= 11 is 4.37. The Morgan fingerprint density at radius 3 is 2.93 bits per heavy atom. The third-order valence-corrected chi connectivity index (χ3v) is 2.72. The second-order valence-corrected chi connectivity index (χ2v) is 4.13. The lowest BCUT2D eigenvalue weighted by Crippen LogP contribution is -2.16. The summed E-state index contributed by atoms with van der Waals surface area (Å²) in [6.45, 7) is 0. The molecule has 0 bridgehead atoms. The van der Waals surface area contributed by atoms with Crippen LogP contribution in [-0.2, 0) is 7.05 Å². The first-order valence-electron chi connectivity index (χ1n) is 3.81. The first-order valence-corrected chi connectivity index (χ1v) is 5.48. The Morgan fingerprint density at radius 2 is 2.40 bits per heavy atom. The molecule has 78 valence electrons. The molecular weight excluding hydrogens is 284 g/mol. The van der Waals surface area contributed by atoms with Crippen molar-refractivity contribution in [2.24, 2.45) is 7.05 Å². The van der Waals surface area contributed by atoms with Gasteiger partial charge in [-0.25, -0.2) is 4.68 Å². The molecule has 2 rings (SSSR count). The van der Waals surface area contributed by atoms with E-state index in [1.807, 2.05) is 0 Å². The average molecular weight is 289 g/mol. The van der Waals surface area contributed by atoms with Gasteiger partial charge in [-0.2, -0.15) is 0 Å². The third kappa shape index (κ3) is 2.02. The van der Waals surface area contributed by atoms with Gasteiger partial charge in [0.2, 0.25) is 5.13 Å². The number of rotatable bonds is 2. The number of aryl methyl sites for hydroxylation is 1. The molecule has 2 aromatic rings. The Bertz CT molecular complexity index is 460. The van der Waals surface area contributed by atoms with Crippen LogP contribution < -0.4 is 5.32 Å². The molecule has 0 radical (unpaired) electrons. The maximum absolute atomic E-state index is 11.7. The summed E-state index contributed by atoms with van der Waals surface area (Å²) in [5.74, 6) is -0.328. The molecule has 0 spiro atoms. The van der Waals surface area contributed by atoms with Crippen LogP contribution in [0.1, 0.15) is 10.5 Å². The van der Waals surface area contributed by atoms with Gasteiger partial charge in [0, 0.05) is 7.05 Å². The van der Waals surface area contributed by atoms with Gasteiger partial charge >= 0.3 is 0 Å². The number of anilines is 1. The highest BCUT2D eigenvalue weighted by atomic mass is 79.9. The summed E-state index contributed by atoms with van der Waals surface area (Å²) in [7, 11) is 1.63. The molecule has 0 aromatic carbocycles. The average Bonchev–Trinajstić information content (AvgIpc) is 2.77. The van der Waals surface area contributed by atoms with Crippen molar-refractivity contribution < 1.29 is 4.79 Å². The molecule has 1 N–H and O–H groups in total. The fraction of sp³-hybridized carbons (Fsp3) is 0.167. The van der Waals surface area contributed by atoms with Gasteiger partial charge in [-0.3, -0.25) is 10.1 Å². The first-order chi connectivity index (χ1) is 7.18. The van der Waals surface area contributed by atoms with E-state index in [0.29, 0.717) is 15.4 Å². The quantitative estimate of drug-likeness (QED) is 0.878. The van der Waals surface area contributed by atoms with Gasteiger partial charge in [-0.05, 0) is 15.9 Å². The van der Waals surface area contributed by atoms with Gasteiger partial charge < -0.3 is 0 Å². The zero-order valence-electron chi connectivity index (χ0n) is 7.51. The predicted molar refractivity (Wildman–Crippen MR) is 56.6 cm³/mol. The minimum absolute atomic E-state index is 0.328. The Morgan fingerprint density at radius 1 is 1.60 bits per heavy atom. The summed E-state index contributed by atoms with van der Waals surface area (Å²) in [5.41, 5.74) is 1.87. The van der Waals surface area contributed by atoms with Crippen LogP contribution in [0, 0.1) is 0 Å². The summed E-state index contributed by atoms with van der Waals surface area (Å²) in [6.07, 6.45) is 0. The smallest absolute Gasteiger partial charge is 0.278 e. The number of aromatic nitrogens is 5. The standard InChI is InChI=1S/C6H5BrN6OS/c1-13-3(4(7)10-12-13)5(14)9-6-11-8-2-15-6/h2H,1H3,(H,9,11,14). The van der Waals surface area contributed by atoms with E-state index in [1.165, 1.54) is 21.5 Å². The Labute approximate surface area is 96.6 Å². The van der Waals surface area contributed by atoms with E-state index in [-0.39, 0.29) is 5.91 Å². The summed E-state index contributed by atoms with van der Waals surface area (Å²) < 4.78 is 1.77. The number of hydrogen-bond donors (Lipinski definition) is 1. The molecule has 2 heterocycles. The van der Waals surface area contributed by atoms with Gasteiger partial charge in [0.25, 0.3) is 5.91 Å². The van der Waals surface area contributed by atoms with E-state index >= 15 is 0 Å². The van der Waals surface area contributed by atoms with Crippen molar-refractivity contribution in [1.82, 2.24) is 25.2 Å². The zero-order valence-corrected chi connectivity index (χ0v) is 9.91. The fourth-order valence-corrected chi connectivity index (χ4v) is 1.90. The van der Waals surface area contributed by atoms with E-state index < -0.39 is 0 Å². The molecule has 0 saturated heterocycles. The van der Waals surface area contributed by atoms with Crippen molar-refractivity contribution in [2.75, 3.05) is 5.32 Å². The number of carbonyl (C=O) groups is 1. The fourth-order valence-electron chi connectivity index (χ4n) is 0.956. The summed E-state index contributed by atoms with van der Waals surface area (Å²) in [5, 5.41) is 17.7. The van der Waals surface area contributed by atoms with Crippen molar-refractivity contribution >= 4 is 38.3 Å². The van der Waals surface area contributed by atoms with Crippen molar-refractivity contribution in [1.29, 1.82) is 0 Å². The highest BCUT2D eigenvalue weighted by molar-refractivity contribution is 9.10. The molecule has 15 heavy (non-hydrogen) atoms. The molecule has 0 aliphatic heterocycles. The Hall–Kier alpha value is -1.35. The van der Waals surface area contributed by atoms with Crippen LogP contribution in [0.2, 0.25) is 0 Å². The van der Waals surface area contributed by atoms with E-state index in [4.69, 9.17) is 0 Å². The van der Waals surface area contributed by atoms with Gasteiger partial charge in [0.05, 0.1) is 0 Å². The summed E-state index contributed by atoms with van der Waals surface area (Å²) in [4.78, 5) is 11.7. The molecular formula is C6H5BrN6OS. The molecule has 2 aromatic heterocycles. The molecule has 7 nitrogen and oxygen atoms in total. The number of halogens is 1. The Balaban J connectivity index is 2.22. The topological polar surface area (TPSA) is 85.6 Å². The monoisotopic (exact) mass is 288 g/mol. The molecule has 0 atom stereocenters. The van der Waals surface area contributed by atoms with Crippen LogP contribution in [-0.4, -0.2) is 31.1 Å². The van der Waals surface area contributed by atoms with Gasteiger partial charge in [-0.15, -0.1) is 15.3 Å². The van der Waals surface area contributed by atoms with Crippen LogP contribution >= 0.6 is 27.3 Å². The Kier molecular flexibility index (Phi) is 2.73. The van der Waals surface area contributed by atoms with Crippen molar-refractivity contribution in [3.8, 4) is 0 Å². The lowest BCUT2D eigenvalue weighted by atomic mass is 10.4. The molecule has 0 aliphatic rings. The van der Waals surface area contributed by atoms with Crippen molar-refractivity contribution in [2.45, 2.75) is 0 Å². The number of amides is 1. The molecule has 0 unspecified atom stereocenters. The van der Waals surface area contributed by atoms with Crippen LogP contribution in [0.3, 0.4) is 0 Å². The normalized spacial score (nSPS) is 10.3. The van der Waals surface area contributed by atoms with Crippen LogP contribution in [0.4, 0.5) is 5.13 Å². The number of nitrogens with zero attached hydrogens (tertiary/aromatic N) is 5. The lowest BCUT2D eigenvalue weighted by molar-refractivity contribution is 0.101. The van der Waals surface area contributed by atoms with Crippen molar-refractivity contribution in [3.05, 3.63) is 15.8 Å². The summed E-state index contributed by atoms with van der Waals surface area (Å²) in [6, 6.07) is 0. The lowest BCUT2D eigenvalue weighted by Gasteiger charge is -2.00. The van der Waals surface area contributed by atoms with E-state index in [0.717, 1.165) is 0 Å². The molecule has 0 aliphatic carbocycles. The maximum atomic E-state index is 11.7. The molecule has 9 heteroatoms. The number of hydrogen-bond acceptors (Lipinski definition) is 6. The molecule has 0 fully saturated rings. The zero-order chi connectivity index (χ0) is 10.8. The molecule has 1 amide bonds. The largest absolute Gasteiger partial charge is 0.295 e. The van der Waals surface area contributed by atoms with E-state index in [2.05, 4.69) is 41.8 Å². The SMILES string of the molecule is Cn1nnc(Br)c1C(=O)Nc1nncs1. The van der Waals surface area contributed by atoms with E-state index in [9.17, 15) is 4.79 Å². The number of carbonyl (C=O) groups excluding carboxylic acids is 1. The minimum atomic E-state index is -0.328. The van der Waals surface area contributed by atoms with Crippen molar-refractivity contribution in [3.63, 3.8) is 0 Å². The second kappa shape index (κ2) is 4.03. The van der Waals surface area contributed by atoms with Gasteiger partial charge in [-0.1, -0.05) is 16.6 Å². The third-order valence-electron chi connectivity index (χ3n) is 1.58. The number of nitrogens with one attached hydrogen (secondary N) is 1. The predicted octanol–water partition coefficient (Wildman–Crippen LogP) is 0.681. The second-order valence-electron chi connectivity index (χ2n) is 2.55. The maximum Gasteiger partial charge on any atom is 0.278 e. The highest BCUT2D eigenvalue weighted by Gasteiger charge is 2.17.